The van der Waals surface area contributed by atoms with Gasteiger partial charge < -0.3 is 4.90 Å². The molecule has 0 bridgehead atoms. The third kappa shape index (κ3) is 1.72. The molecule has 3 nitrogen and oxygen atoms in total. The van der Waals surface area contributed by atoms with Gasteiger partial charge in [0.15, 0.2) is 0 Å². The summed E-state index contributed by atoms with van der Waals surface area (Å²) >= 11 is 3.46. The number of fused-ring (bicyclic) bond motifs is 2. The van der Waals surface area contributed by atoms with Gasteiger partial charge in [-0.15, -0.1) is 0 Å². The fourth-order valence-electron chi connectivity index (χ4n) is 2.45. The van der Waals surface area contributed by atoms with Crippen molar-refractivity contribution in [1.82, 2.24) is 0 Å². The van der Waals surface area contributed by atoms with E-state index in [9.17, 15) is 8.42 Å². The van der Waals surface area contributed by atoms with Gasteiger partial charge in [0, 0.05) is 11.0 Å². The van der Waals surface area contributed by atoms with Gasteiger partial charge in [0.1, 0.15) is 0 Å². The summed E-state index contributed by atoms with van der Waals surface area (Å²) < 4.78 is 26.1. The highest BCUT2D eigenvalue weighted by molar-refractivity contribution is 9.10. The molecule has 0 spiro atoms. The van der Waals surface area contributed by atoms with Crippen LogP contribution in [0.4, 0.5) is 11.4 Å². The smallest absolute Gasteiger partial charge is 0.210 e. The molecule has 3 rings (SSSR count). The summed E-state index contributed by atoms with van der Waals surface area (Å²) in [6, 6.07) is 12.4. The predicted octanol–water partition coefficient (Wildman–Crippen LogP) is 3.75. The first-order valence-electron chi connectivity index (χ1n) is 5.97. The third-order valence-electron chi connectivity index (χ3n) is 3.27. The van der Waals surface area contributed by atoms with Crippen molar-refractivity contribution in [2.75, 3.05) is 11.4 Å². The summed E-state index contributed by atoms with van der Waals surface area (Å²) in [7, 11) is -3.44. The lowest BCUT2D eigenvalue weighted by atomic mass is 10.2. The van der Waals surface area contributed by atoms with Crippen molar-refractivity contribution in [2.24, 2.45) is 0 Å². The summed E-state index contributed by atoms with van der Waals surface area (Å²) in [5, 5.41) is 0. The van der Waals surface area contributed by atoms with E-state index in [1.165, 1.54) is 0 Å². The molecule has 19 heavy (non-hydrogen) atoms. The second-order valence-electron chi connectivity index (χ2n) is 4.30. The van der Waals surface area contributed by atoms with Crippen LogP contribution in [0.1, 0.15) is 6.92 Å². The van der Waals surface area contributed by atoms with Crippen LogP contribution in [0.3, 0.4) is 0 Å². The Morgan fingerprint density at radius 2 is 1.74 bits per heavy atom. The van der Waals surface area contributed by atoms with Crippen LogP contribution in [0, 0.1) is 0 Å². The molecule has 1 aliphatic rings. The summed E-state index contributed by atoms with van der Waals surface area (Å²) in [4.78, 5) is 2.76. The summed E-state index contributed by atoms with van der Waals surface area (Å²) in [6.45, 7) is 2.72. The maximum absolute atomic E-state index is 12.7. The highest BCUT2D eigenvalue weighted by atomic mass is 79.9. The normalized spacial score (nSPS) is 15.8. The lowest BCUT2D eigenvalue weighted by molar-refractivity contribution is 0.594. The van der Waals surface area contributed by atoms with E-state index in [0.29, 0.717) is 16.3 Å². The minimum Gasteiger partial charge on any atom is -0.339 e. The van der Waals surface area contributed by atoms with E-state index in [-0.39, 0.29) is 0 Å². The summed E-state index contributed by atoms with van der Waals surface area (Å²) in [5.74, 6) is 0. The Hall–Kier alpha value is -1.33. The molecule has 0 aromatic heterocycles. The average Bonchev–Trinajstić information content (AvgIpc) is 2.41. The Morgan fingerprint density at radius 1 is 1.05 bits per heavy atom. The van der Waals surface area contributed by atoms with Crippen LogP contribution in [-0.4, -0.2) is 15.0 Å². The van der Waals surface area contributed by atoms with Gasteiger partial charge in [0.2, 0.25) is 9.84 Å². The van der Waals surface area contributed by atoms with Gasteiger partial charge in [-0.3, -0.25) is 0 Å². The van der Waals surface area contributed by atoms with E-state index < -0.39 is 9.84 Å². The molecule has 5 heteroatoms. The molecular weight excluding hydrogens is 326 g/mol. The molecule has 1 aliphatic heterocycles. The van der Waals surface area contributed by atoms with Gasteiger partial charge in [0.25, 0.3) is 0 Å². The summed E-state index contributed by atoms with van der Waals surface area (Å²) in [5.41, 5.74) is 1.47. The number of nitrogens with zero attached hydrogens (tertiary/aromatic N) is 1. The molecule has 98 valence electrons. The van der Waals surface area contributed by atoms with Crippen LogP contribution in [0.5, 0.6) is 0 Å². The van der Waals surface area contributed by atoms with Gasteiger partial charge in [-0.1, -0.05) is 18.2 Å². The Labute approximate surface area is 120 Å². The van der Waals surface area contributed by atoms with Gasteiger partial charge in [0.05, 0.1) is 21.2 Å². The Morgan fingerprint density at radius 3 is 2.47 bits per heavy atom. The van der Waals surface area contributed by atoms with E-state index >= 15 is 0 Å². The average molecular weight is 338 g/mol. The lowest BCUT2D eigenvalue weighted by Gasteiger charge is -2.32. The summed E-state index contributed by atoms with van der Waals surface area (Å²) in [6.07, 6.45) is 0. The van der Waals surface area contributed by atoms with Crippen molar-refractivity contribution >= 4 is 37.1 Å². The molecule has 0 saturated heterocycles. The fourth-order valence-corrected chi connectivity index (χ4v) is 4.84. The first-order valence-corrected chi connectivity index (χ1v) is 8.25. The van der Waals surface area contributed by atoms with Gasteiger partial charge in [-0.25, -0.2) is 8.42 Å². The molecular formula is C14H12BrNO2S. The number of para-hydroxylation sites is 2. The maximum atomic E-state index is 12.7. The van der Waals surface area contributed by atoms with Gasteiger partial charge >= 0.3 is 0 Å². The number of anilines is 2. The lowest BCUT2D eigenvalue weighted by Crippen LogP contribution is -2.26. The molecule has 0 radical (unpaired) electrons. The highest BCUT2D eigenvalue weighted by Gasteiger charge is 2.34. The number of rotatable bonds is 1. The number of benzene rings is 2. The molecule has 2 aromatic rings. The third-order valence-corrected chi connectivity index (χ3v) is 5.74. The second kappa shape index (κ2) is 4.35. The fraction of sp³-hybridized carbons (Fsp3) is 0.143. The van der Waals surface area contributed by atoms with Crippen molar-refractivity contribution in [2.45, 2.75) is 16.7 Å². The molecule has 0 fully saturated rings. The van der Waals surface area contributed by atoms with Crippen LogP contribution in [-0.2, 0) is 9.84 Å². The van der Waals surface area contributed by atoms with Crippen molar-refractivity contribution in [3.63, 3.8) is 0 Å². The number of halogens is 1. The number of hydrogen-bond acceptors (Lipinski definition) is 3. The van der Waals surface area contributed by atoms with Crippen LogP contribution in [0.25, 0.3) is 0 Å². The molecule has 0 amide bonds. The SMILES string of the molecule is CCN1c2ccccc2S(=O)(=O)c2cccc(Br)c21. The predicted molar refractivity (Wildman–Crippen MR) is 78.7 cm³/mol. The van der Waals surface area contributed by atoms with Crippen molar-refractivity contribution in [1.29, 1.82) is 0 Å². The molecule has 2 aromatic carbocycles. The van der Waals surface area contributed by atoms with Crippen LogP contribution >= 0.6 is 15.9 Å². The van der Waals surface area contributed by atoms with Crippen molar-refractivity contribution in [3.05, 3.63) is 46.9 Å². The Bertz CT molecular complexity index is 756. The van der Waals surface area contributed by atoms with Crippen molar-refractivity contribution in [3.8, 4) is 0 Å². The zero-order valence-corrected chi connectivity index (χ0v) is 12.7. The maximum Gasteiger partial charge on any atom is 0.210 e. The zero-order valence-electron chi connectivity index (χ0n) is 10.3. The Balaban J connectivity index is 2.44. The highest BCUT2D eigenvalue weighted by Crippen LogP contribution is 2.46. The number of sulfone groups is 1. The topological polar surface area (TPSA) is 37.4 Å². The molecule has 0 aliphatic carbocycles. The first kappa shape index (κ1) is 12.7. The molecule has 0 unspecified atom stereocenters. The second-order valence-corrected chi connectivity index (χ2v) is 7.04. The van der Waals surface area contributed by atoms with E-state index in [2.05, 4.69) is 15.9 Å². The van der Waals surface area contributed by atoms with Crippen LogP contribution in [0.2, 0.25) is 0 Å². The standard InChI is InChI=1S/C14H12BrNO2S/c1-2-16-11-7-3-4-8-12(11)19(17,18)13-9-5-6-10(15)14(13)16/h3-9H,2H2,1H3. The first-order chi connectivity index (χ1) is 9.07. The van der Waals surface area contributed by atoms with Gasteiger partial charge in [-0.05, 0) is 47.1 Å². The monoisotopic (exact) mass is 337 g/mol. The Kier molecular flexibility index (Phi) is 2.91. The molecule has 0 N–H and O–H groups in total. The van der Waals surface area contributed by atoms with E-state index in [1.54, 1.807) is 24.3 Å². The van der Waals surface area contributed by atoms with E-state index in [4.69, 9.17) is 0 Å². The van der Waals surface area contributed by atoms with Gasteiger partial charge in [-0.2, -0.15) is 0 Å². The molecule has 0 atom stereocenters. The number of hydrogen-bond donors (Lipinski definition) is 0. The van der Waals surface area contributed by atoms with Crippen LogP contribution < -0.4 is 4.90 Å². The minimum atomic E-state index is -3.44. The van der Waals surface area contributed by atoms with E-state index in [0.717, 1.165) is 15.8 Å². The van der Waals surface area contributed by atoms with Crippen LogP contribution in [0.15, 0.2) is 56.7 Å². The molecule has 0 saturated carbocycles. The van der Waals surface area contributed by atoms with Crippen molar-refractivity contribution < 1.29 is 8.42 Å². The van der Waals surface area contributed by atoms with E-state index in [1.807, 2.05) is 30.0 Å². The zero-order chi connectivity index (χ0) is 13.6. The molecule has 1 heterocycles. The minimum absolute atomic E-state index is 0.363. The largest absolute Gasteiger partial charge is 0.339 e. The quantitative estimate of drug-likeness (QED) is 0.795.